The van der Waals surface area contributed by atoms with E-state index in [-0.39, 0.29) is 11.8 Å². The molecule has 0 fully saturated rings. The number of rotatable bonds is 6. The fourth-order valence-corrected chi connectivity index (χ4v) is 2.16. The second-order valence-corrected chi connectivity index (χ2v) is 4.82. The van der Waals surface area contributed by atoms with E-state index in [0.717, 1.165) is 5.75 Å². The van der Waals surface area contributed by atoms with Crippen LogP contribution in [0.1, 0.15) is 18.5 Å². The summed E-state index contributed by atoms with van der Waals surface area (Å²) in [7, 11) is 0. The van der Waals surface area contributed by atoms with Crippen molar-refractivity contribution < 1.29 is 17.9 Å². The van der Waals surface area contributed by atoms with Crippen LogP contribution in [-0.4, -0.2) is 17.9 Å². The summed E-state index contributed by atoms with van der Waals surface area (Å²) < 4.78 is 40.1. The van der Waals surface area contributed by atoms with Gasteiger partial charge in [-0.15, -0.1) is 13.2 Å². The standard InChI is InChI=1S/C11H15F3N2OS/c1-2-18-7-10(16-15)8-4-3-5-9(6-8)17-11(12,13)14/h3-6,10,16H,2,7,15H2,1H3. The molecule has 0 aliphatic rings. The van der Waals surface area contributed by atoms with E-state index in [0.29, 0.717) is 11.3 Å². The van der Waals surface area contributed by atoms with Crippen LogP contribution in [0.3, 0.4) is 0 Å². The largest absolute Gasteiger partial charge is 0.573 e. The maximum absolute atomic E-state index is 12.1. The molecular formula is C11H15F3N2OS. The van der Waals surface area contributed by atoms with Gasteiger partial charge in [0, 0.05) is 5.75 Å². The second-order valence-electron chi connectivity index (χ2n) is 3.50. The first-order chi connectivity index (χ1) is 8.46. The number of hydrogen-bond donors (Lipinski definition) is 2. The summed E-state index contributed by atoms with van der Waals surface area (Å²) in [6, 6.07) is 5.62. The molecule has 0 aliphatic heterocycles. The minimum Gasteiger partial charge on any atom is -0.406 e. The van der Waals surface area contributed by atoms with E-state index in [1.54, 1.807) is 17.8 Å². The summed E-state index contributed by atoms with van der Waals surface area (Å²) in [5.74, 6) is 6.76. The molecule has 0 radical (unpaired) electrons. The van der Waals surface area contributed by atoms with Crippen molar-refractivity contribution in [2.45, 2.75) is 19.3 Å². The molecule has 18 heavy (non-hydrogen) atoms. The highest BCUT2D eigenvalue weighted by Gasteiger charge is 2.31. The Kier molecular flexibility index (Phi) is 5.77. The molecule has 3 N–H and O–H groups in total. The lowest BCUT2D eigenvalue weighted by Crippen LogP contribution is -2.29. The average Bonchev–Trinajstić information content (AvgIpc) is 2.28. The van der Waals surface area contributed by atoms with Crippen LogP contribution < -0.4 is 16.0 Å². The average molecular weight is 280 g/mol. The maximum Gasteiger partial charge on any atom is 0.573 e. The smallest absolute Gasteiger partial charge is 0.406 e. The van der Waals surface area contributed by atoms with E-state index < -0.39 is 6.36 Å². The van der Waals surface area contributed by atoms with E-state index in [1.807, 2.05) is 6.92 Å². The van der Waals surface area contributed by atoms with Crippen LogP contribution in [0.4, 0.5) is 13.2 Å². The highest BCUT2D eigenvalue weighted by atomic mass is 32.2. The van der Waals surface area contributed by atoms with Crippen LogP contribution in [0.2, 0.25) is 0 Å². The van der Waals surface area contributed by atoms with E-state index in [4.69, 9.17) is 5.84 Å². The van der Waals surface area contributed by atoms with Crippen molar-refractivity contribution in [2.24, 2.45) is 5.84 Å². The predicted molar refractivity (Wildman–Crippen MR) is 66.2 cm³/mol. The second kappa shape index (κ2) is 6.86. The molecular weight excluding hydrogens is 265 g/mol. The van der Waals surface area contributed by atoms with E-state index >= 15 is 0 Å². The van der Waals surface area contributed by atoms with Crippen LogP contribution in [0.15, 0.2) is 24.3 Å². The zero-order valence-electron chi connectivity index (χ0n) is 9.83. The van der Waals surface area contributed by atoms with Crippen molar-refractivity contribution in [3.05, 3.63) is 29.8 Å². The maximum atomic E-state index is 12.1. The first kappa shape index (κ1) is 15.1. The van der Waals surface area contributed by atoms with Gasteiger partial charge in [-0.1, -0.05) is 19.1 Å². The third-order valence-corrected chi connectivity index (χ3v) is 3.16. The molecule has 3 nitrogen and oxygen atoms in total. The van der Waals surface area contributed by atoms with Gasteiger partial charge in [0.05, 0.1) is 6.04 Å². The van der Waals surface area contributed by atoms with Gasteiger partial charge in [-0.3, -0.25) is 11.3 Å². The number of ether oxygens (including phenoxy) is 1. The predicted octanol–water partition coefficient (Wildman–Crippen LogP) is 2.84. The molecule has 102 valence electrons. The number of thioether (sulfide) groups is 1. The molecule has 1 atom stereocenters. The molecule has 0 saturated carbocycles. The summed E-state index contributed by atoms with van der Waals surface area (Å²) in [4.78, 5) is 0. The highest BCUT2D eigenvalue weighted by molar-refractivity contribution is 7.99. The molecule has 0 heterocycles. The molecule has 1 aromatic rings. The molecule has 0 amide bonds. The van der Waals surface area contributed by atoms with Crippen LogP contribution >= 0.6 is 11.8 Å². The fourth-order valence-electron chi connectivity index (χ4n) is 1.40. The molecule has 7 heteroatoms. The molecule has 1 rings (SSSR count). The van der Waals surface area contributed by atoms with Gasteiger partial charge in [0.2, 0.25) is 0 Å². The number of nitrogens with two attached hydrogens (primary N) is 1. The van der Waals surface area contributed by atoms with Crippen molar-refractivity contribution in [1.29, 1.82) is 0 Å². The lowest BCUT2D eigenvalue weighted by atomic mass is 10.1. The van der Waals surface area contributed by atoms with Gasteiger partial charge in [0.1, 0.15) is 5.75 Å². The molecule has 1 unspecified atom stereocenters. The number of hydrogen-bond acceptors (Lipinski definition) is 4. The van der Waals surface area contributed by atoms with Gasteiger partial charge in [-0.2, -0.15) is 11.8 Å². The minimum atomic E-state index is -4.68. The third kappa shape index (κ3) is 5.16. The number of nitrogens with one attached hydrogen (secondary N) is 1. The van der Waals surface area contributed by atoms with E-state index in [9.17, 15) is 13.2 Å². The van der Waals surface area contributed by atoms with E-state index in [2.05, 4.69) is 10.2 Å². The van der Waals surface area contributed by atoms with Crippen molar-refractivity contribution in [2.75, 3.05) is 11.5 Å². The normalized spacial score (nSPS) is 13.4. The zero-order chi connectivity index (χ0) is 13.6. The lowest BCUT2D eigenvalue weighted by Gasteiger charge is -2.17. The summed E-state index contributed by atoms with van der Waals surface area (Å²) in [6.45, 7) is 2.00. The Labute approximate surface area is 108 Å². The van der Waals surface area contributed by atoms with Gasteiger partial charge >= 0.3 is 6.36 Å². The van der Waals surface area contributed by atoms with Crippen molar-refractivity contribution in [3.8, 4) is 5.75 Å². The van der Waals surface area contributed by atoms with Crippen LogP contribution in [0.5, 0.6) is 5.75 Å². The minimum absolute atomic E-state index is 0.202. The summed E-state index contributed by atoms with van der Waals surface area (Å²) >= 11 is 1.65. The van der Waals surface area contributed by atoms with Crippen molar-refractivity contribution >= 4 is 11.8 Å². The lowest BCUT2D eigenvalue weighted by molar-refractivity contribution is -0.274. The first-order valence-electron chi connectivity index (χ1n) is 5.36. The molecule has 0 aromatic heterocycles. The van der Waals surface area contributed by atoms with Crippen molar-refractivity contribution in [3.63, 3.8) is 0 Å². The van der Waals surface area contributed by atoms with Crippen LogP contribution in [0, 0.1) is 0 Å². The number of halogens is 3. The summed E-state index contributed by atoms with van der Waals surface area (Å²) in [5, 5.41) is 0. The van der Waals surface area contributed by atoms with Gasteiger partial charge in [-0.25, -0.2) is 0 Å². The Morgan fingerprint density at radius 1 is 1.44 bits per heavy atom. The van der Waals surface area contributed by atoms with Crippen molar-refractivity contribution in [1.82, 2.24) is 5.43 Å². The Balaban J connectivity index is 2.79. The first-order valence-corrected chi connectivity index (χ1v) is 6.51. The summed E-state index contributed by atoms with van der Waals surface area (Å²) in [5.41, 5.74) is 3.25. The van der Waals surface area contributed by atoms with Crippen LogP contribution in [0.25, 0.3) is 0 Å². The highest BCUT2D eigenvalue weighted by Crippen LogP contribution is 2.26. The number of hydrazine groups is 1. The SMILES string of the molecule is CCSCC(NN)c1cccc(OC(F)(F)F)c1. The summed E-state index contributed by atoms with van der Waals surface area (Å²) in [6.07, 6.45) is -4.68. The topological polar surface area (TPSA) is 47.3 Å². The Hall–Kier alpha value is -0.920. The van der Waals surface area contributed by atoms with Gasteiger partial charge in [0.15, 0.2) is 0 Å². The van der Waals surface area contributed by atoms with Gasteiger partial charge in [-0.05, 0) is 23.4 Å². The third-order valence-electron chi connectivity index (χ3n) is 2.18. The molecule has 1 aromatic carbocycles. The zero-order valence-corrected chi connectivity index (χ0v) is 10.6. The quantitative estimate of drug-likeness (QED) is 0.621. The Morgan fingerprint density at radius 3 is 2.72 bits per heavy atom. The van der Waals surface area contributed by atoms with Gasteiger partial charge in [0.25, 0.3) is 0 Å². The molecule has 0 aliphatic carbocycles. The Bertz CT molecular complexity index is 374. The molecule has 0 bridgehead atoms. The molecule has 0 spiro atoms. The fraction of sp³-hybridized carbons (Fsp3) is 0.455. The van der Waals surface area contributed by atoms with Crippen LogP contribution in [-0.2, 0) is 0 Å². The van der Waals surface area contributed by atoms with Gasteiger partial charge < -0.3 is 4.74 Å². The molecule has 0 saturated heterocycles. The Morgan fingerprint density at radius 2 is 2.17 bits per heavy atom. The number of benzene rings is 1. The number of alkyl halides is 3. The van der Waals surface area contributed by atoms with E-state index in [1.165, 1.54) is 18.2 Å². The monoisotopic (exact) mass is 280 g/mol.